The van der Waals surface area contributed by atoms with E-state index in [1.54, 1.807) is 13.0 Å². The van der Waals surface area contributed by atoms with E-state index in [0.29, 0.717) is 32.0 Å². The summed E-state index contributed by atoms with van der Waals surface area (Å²) in [4.78, 5) is 14.4. The van der Waals surface area contributed by atoms with Gasteiger partial charge >= 0.3 is 6.09 Å². The first-order valence-electron chi connectivity index (χ1n) is 8.14. The Morgan fingerprint density at radius 3 is 2.62 bits per heavy atom. The van der Waals surface area contributed by atoms with Crippen molar-refractivity contribution in [2.24, 2.45) is 5.92 Å². The van der Waals surface area contributed by atoms with Crippen molar-refractivity contribution in [3.05, 3.63) is 24.0 Å². The number of rotatable bonds is 7. The van der Waals surface area contributed by atoms with E-state index in [2.05, 4.69) is 4.18 Å². The van der Waals surface area contributed by atoms with Gasteiger partial charge in [-0.05, 0) is 24.1 Å². The van der Waals surface area contributed by atoms with Gasteiger partial charge in [0.05, 0.1) is 37.5 Å². The standard InChI is InChI=1S/C16H23FN2O6S/c1-12(11-25-26(2,22)23)10-19(16(20)21)13-3-4-15(14(17)9-13)18-5-7-24-8-6-18/h3-4,9,12H,5-8,10-11H2,1-2H3,(H,20,21)/t12-/m1/s1. The smallest absolute Gasteiger partial charge is 0.411 e. The Morgan fingerprint density at radius 2 is 2.08 bits per heavy atom. The van der Waals surface area contributed by atoms with Crippen molar-refractivity contribution in [2.75, 3.05) is 55.5 Å². The Hall–Kier alpha value is -1.91. The summed E-state index contributed by atoms with van der Waals surface area (Å²) >= 11 is 0. The van der Waals surface area contributed by atoms with Gasteiger partial charge in [-0.2, -0.15) is 8.42 Å². The summed E-state index contributed by atoms with van der Waals surface area (Å²) < 4.78 is 46.5. The second kappa shape index (κ2) is 8.65. The highest BCUT2D eigenvalue weighted by Crippen LogP contribution is 2.26. The van der Waals surface area contributed by atoms with E-state index < -0.39 is 27.9 Å². The lowest BCUT2D eigenvalue weighted by atomic mass is 10.1. The molecule has 1 aromatic rings. The second-order valence-electron chi connectivity index (χ2n) is 6.22. The molecule has 2 rings (SSSR count). The third-order valence-corrected chi connectivity index (χ3v) is 4.45. The lowest BCUT2D eigenvalue weighted by molar-refractivity contribution is 0.122. The molecule has 0 aliphatic carbocycles. The number of benzene rings is 1. The number of carbonyl (C=O) groups is 1. The molecule has 1 aliphatic heterocycles. The van der Waals surface area contributed by atoms with E-state index in [1.807, 2.05) is 4.90 Å². The van der Waals surface area contributed by atoms with Crippen LogP contribution in [0.15, 0.2) is 18.2 Å². The van der Waals surface area contributed by atoms with Crippen molar-refractivity contribution in [1.29, 1.82) is 0 Å². The molecule has 1 aliphatic rings. The van der Waals surface area contributed by atoms with Gasteiger partial charge in [-0.15, -0.1) is 0 Å². The number of carboxylic acid groups (broad SMARTS) is 1. The fourth-order valence-electron chi connectivity index (χ4n) is 2.62. The fraction of sp³-hybridized carbons (Fsp3) is 0.562. The molecule has 0 radical (unpaired) electrons. The summed E-state index contributed by atoms with van der Waals surface area (Å²) in [7, 11) is -3.61. The minimum absolute atomic E-state index is 0.0266. The van der Waals surface area contributed by atoms with E-state index in [9.17, 15) is 22.7 Å². The van der Waals surface area contributed by atoms with Crippen LogP contribution in [0, 0.1) is 11.7 Å². The van der Waals surface area contributed by atoms with E-state index in [0.717, 1.165) is 11.2 Å². The Kier molecular flexibility index (Phi) is 6.79. The van der Waals surface area contributed by atoms with Crippen LogP contribution in [0.2, 0.25) is 0 Å². The molecular formula is C16H23FN2O6S. The number of ether oxygens (including phenoxy) is 1. The number of anilines is 2. The molecule has 1 N–H and O–H groups in total. The summed E-state index contributed by atoms with van der Waals surface area (Å²) in [5.74, 6) is -0.918. The summed E-state index contributed by atoms with van der Waals surface area (Å²) in [6, 6.07) is 4.25. The van der Waals surface area contributed by atoms with E-state index in [4.69, 9.17) is 4.74 Å². The van der Waals surface area contributed by atoms with E-state index in [1.165, 1.54) is 12.1 Å². The van der Waals surface area contributed by atoms with Gasteiger partial charge in [-0.25, -0.2) is 9.18 Å². The molecule has 0 saturated carbocycles. The maximum absolute atomic E-state index is 14.5. The number of nitrogens with zero attached hydrogens (tertiary/aromatic N) is 2. The quantitative estimate of drug-likeness (QED) is 0.709. The second-order valence-corrected chi connectivity index (χ2v) is 7.87. The minimum Gasteiger partial charge on any atom is -0.465 e. The molecular weight excluding hydrogens is 367 g/mol. The molecule has 146 valence electrons. The third-order valence-electron chi connectivity index (χ3n) is 3.89. The molecule has 1 amide bonds. The molecule has 0 bridgehead atoms. The average Bonchev–Trinajstić information content (AvgIpc) is 2.57. The first kappa shape index (κ1) is 20.4. The molecule has 1 fully saturated rings. The number of halogens is 1. The zero-order chi connectivity index (χ0) is 19.3. The van der Waals surface area contributed by atoms with Crippen LogP contribution in [0.1, 0.15) is 6.92 Å². The number of morpholine rings is 1. The zero-order valence-corrected chi connectivity index (χ0v) is 15.5. The summed E-state index contributed by atoms with van der Waals surface area (Å²) in [6.45, 7) is 3.63. The molecule has 0 unspecified atom stereocenters. The van der Waals surface area contributed by atoms with Crippen molar-refractivity contribution >= 4 is 27.6 Å². The van der Waals surface area contributed by atoms with Crippen LogP contribution in [-0.4, -0.2) is 65.3 Å². The molecule has 8 nitrogen and oxygen atoms in total. The van der Waals surface area contributed by atoms with Crippen LogP contribution in [0.25, 0.3) is 0 Å². The molecule has 10 heteroatoms. The first-order valence-corrected chi connectivity index (χ1v) is 9.96. The van der Waals surface area contributed by atoms with Crippen molar-refractivity contribution in [3.63, 3.8) is 0 Å². The van der Waals surface area contributed by atoms with Crippen LogP contribution in [0.5, 0.6) is 0 Å². The van der Waals surface area contributed by atoms with Crippen LogP contribution in [-0.2, 0) is 19.0 Å². The van der Waals surface area contributed by atoms with Crippen molar-refractivity contribution < 1.29 is 31.6 Å². The lowest BCUT2D eigenvalue weighted by Crippen LogP contribution is -2.37. The minimum atomic E-state index is -3.61. The average molecular weight is 390 g/mol. The maximum atomic E-state index is 14.5. The largest absolute Gasteiger partial charge is 0.465 e. The van der Waals surface area contributed by atoms with Crippen molar-refractivity contribution in [2.45, 2.75) is 6.92 Å². The number of hydrogen-bond donors (Lipinski definition) is 1. The molecule has 1 heterocycles. The highest BCUT2D eigenvalue weighted by Gasteiger charge is 2.22. The van der Waals surface area contributed by atoms with Crippen LogP contribution < -0.4 is 9.80 Å². The molecule has 0 spiro atoms. The topological polar surface area (TPSA) is 96.4 Å². The number of hydrogen-bond acceptors (Lipinski definition) is 6. The highest BCUT2D eigenvalue weighted by atomic mass is 32.2. The van der Waals surface area contributed by atoms with E-state index in [-0.39, 0.29) is 18.8 Å². The SMILES string of the molecule is C[C@@H](COS(C)(=O)=O)CN(C(=O)O)c1ccc(N2CCOCC2)c(F)c1. The fourth-order valence-corrected chi connectivity index (χ4v) is 3.10. The van der Waals surface area contributed by atoms with Crippen molar-refractivity contribution in [1.82, 2.24) is 0 Å². The van der Waals surface area contributed by atoms with Gasteiger partial charge in [0.25, 0.3) is 10.1 Å². The molecule has 1 atom stereocenters. The molecule has 26 heavy (non-hydrogen) atoms. The van der Waals surface area contributed by atoms with Gasteiger partial charge in [-0.1, -0.05) is 6.92 Å². The normalized spacial score (nSPS) is 16.3. The van der Waals surface area contributed by atoms with Gasteiger partial charge in [0.15, 0.2) is 0 Å². The Balaban J connectivity index is 2.11. The predicted octanol–water partition coefficient (Wildman–Crippen LogP) is 1.76. The Labute approximate surface area is 152 Å². The molecule has 0 aromatic heterocycles. The predicted molar refractivity (Wildman–Crippen MR) is 94.8 cm³/mol. The monoisotopic (exact) mass is 390 g/mol. The number of amides is 1. The highest BCUT2D eigenvalue weighted by molar-refractivity contribution is 7.85. The Bertz CT molecular complexity index is 736. The van der Waals surface area contributed by atoms with Gasteiger partial charge in [-0.3, -0.25) is 9.08 Å². The van der Waals surface area contributed by atoms with Gasteiger partial charge < -0.3 is 14.7 Å². The van der Waals surface area contributed by atoms with Gasteiger partial charge in [0.1, 0.15) is 5.82 Å². The summed E-state index contributed by atoms with van der Waals surface area (Å²) in [5.41, 5.74) is 0.578. The maximum Gasteiger partial charge on any atom is 0.411 e. The summed E-state index contributed by atoms with van der Waals surface area (Å²) in [5, 5.41) is 9.43. The van der Waals surface area contributed by atoms with Gasteiger partial charge in [0.2, 0.25) is 0 Å². The third kappa shape index (κ3) is 5.82. The lowest BCUT2D eigenvalue weighted by Gasteiger charge is -2.30. The first-order chi connectivity index (χ1) is 12.2. The summed E-state index contributed by atoms with van der Waals surface area (Å²) in [6.07, 6.45) is -0.330. The van der Waals surface area contributed by atoms with Crippen LogP contribution in [0.4, 0.5) is 20.6 Å². The molecule has 1 aromatic carbocycles. The van der Waals surface area contributed by atoms with Crippen LogP contribution in [0.3, 0.4) is 0 Å². The van der Waals surface area contributed by atoms with Gasteiger partial charge in [0, 0.05) is 19.6 Å². The zero-order valence-electron chi connectivity index (χ0n) is 14.7. The molecule has 1 saturated heterocycles. The Morgan fingerprint density at radius 1 is 1.42 bits per heavy atom. The van der Waals surface area contributed by atoms with E-state index >= 15 is 0 Å². The van der Waals surface area contributed by atoms with Crippen LogP contribution >= 0.6 is 0 Å². The van der Waals surface area contributed by atoms with Crippen molar-refractivity contribution in [3.8, 4) is 0 Å².